The van der Waals surface area contributed by atoms with Crippen LogP contribution in [-0.2, 0) is 10.0 Å². The summed E-state index contributed by atoms with van der Waals surface area (Å²) in [7, 11) is -0.000698. The maximum Gasteiger partial charge on any atom is 0.250 e. The third-order valence-electron chi connectivity index (χ3n) is 4.06. The first-order valence-electron chi connectivity index (χ1n) is 7.55. The SMILES string of the molecule is CN(C)S(=O)(=O)CCCN1CCC[C@@H](c2cc(=O)[nH]cn2)C1. The maximum atomic E-state index is 11.8. The van der Waals surface area contributed by atoms with Crippen molar-refractivity contribution in [3.05, 3.63) is 28.4 Å². The van der Waals surface area contributed by atoms with E-state index in [1.807, 2.05) is 0 Å². The Labute approximate surface area is 131 Å². The highest BCUT2D eigenvalue weighted by atomic mass is 32.2. The molecule has 0 unspecified atom stereocenters. The molecule has 124 valence electrons. The van der Waals surface area contributed by atoms with Gasteiger partial charge in [-0.3, -0.25) is 4.79 Å². The molecule has 1 aliphatic heterocycles. The van der Waals surface area contributed by atoms with Crippen molar-refractivity contribution < 1.29 is 8.42 Å². The van der Waals surface area contributed by atoms with Crippen LogP contribution in [0.15, 0.2) is 17.2 Å². The zero-order valence-corrected chi connectivity index (χ0v) is 14.0. The fourth-order valence-corrected chi connectivity index (χ4v) is 3.62. The second-order valence-corrected chi connectivity index (χ2v) is 8.23. The van der Waals surface area contributed by atoms with Gasteiger partial charge in [0.2, 0.25) is 10.0 Å². The molecule has 0 radical (unpaired) electrons. The van der Waals surface area contributed by atoms with Gasteiger partial charge in [-0.25, -0.2) is 17.7 Å². The van der Waals surface area contributed by atoms with Crippen molar-refractivity contribution >= 4 is 10.0 Å². The number of nitrogens with zero attached hydrogens (tertiary/aromatic N) is 3. The minimum absolute atomic E-state index is 0.126. The van der Waals surface area contributed by atoms with Gasteiger partial charge >= 0.3 is 0 Å². The second-order valence-electron chi connectivity index (χ2n) is 5.93. The molecule has 1 aromatic rings. The topological polar surface area (TPSA) is 86.4 Å². The van der Waals surface area contributed by atoms with E-state index < -0.39 is 10.0 Å². The van der Waals surface area contributed by atoms with E-state index in [0.29, 0.717) is 6.42 Å². The Bertz CT molecular complexity index is 641. The Balaban J connectivity index is 1.87. The maximum absolute atomic E-state index is 11.8. The molecule has 1 fully saturated rings. The fourth-order valence-electron chi connectivity index (χ4n) is 2.76. The van der Waals surface area contributed by atoms with Gasteiger partial charge in [0.15, 0.2) is 0 Å². The quantitative estimate of drug-likeness (QED) is 0.808. The Kier molecular flexibility index (Phi) is 5.71. The van der Waals surface area contributed by atoms with Crippen LogP contribution in [0.25, 0.3) is 0 Å². The minimum atomic E-state index is -3.12. The van der Waals surface area contributed by atoms with E-state index in [1.165, 1.54) is 10.6 Å². The number of piperidine rings is 1. The molecule has 1 aliphatic rings. The van der Waals surface area contributed by atoms with Gasteiger partial charge in [0.1, 0.15) is 0 Å². The van der Waals surface area contributed by atoms with Gasteiger partial charge in [0.25, 0.3) is 5.56 Å². The molecule has 1 saturated heterocycles. The summed E-state index contributed by atoms with van der Waals surface area (Å²) in [5.41, 5.74) is 0.702. The van der Waals surface area contributed by atoms with Gasteiger partial charge in [-0.2, -0.15) is 0 Å². The normalized spacial score (nSPS) is 20.4. The van der Waals surface area contributed by atoms with E-state index in [-0.39, 0.29) is 17.2 Å². The standard InChI is InChI=1S/C14H24N4O3S/c1-17(2)22(20,21)8-4-7-18-6-3-5-12(10-18)13-9-14(19)16-11-15-13/h9,11-12H,3-8,10H2,1-2H3,(H,15,16,19)/t12-/m1/s1. The van der Waals surface area contributed by atoms with E-state index in [1.54, 1.807) is 20.2 Å². The van der Waals surface area contributed by atoms with Crippen molar-refractivity contribution in [3.8, 4) is 0 Å². The van der Waals surface area contributed by atoms with Gasteiger partial charge in [0, 0.05) is 32.6 Å². The van der Waals surface area contributed by atoms with E-state index in [0.717, 1.165) is 38.2 Å². The Hall–Kier alpha value is -1.25. The number of nitrogens with one attached hydrogen (secondary N) is 1. The third kappa shape index (κ3) is 4.62. The first-order chi connectivity index (χ1) is 10.4. The molecule has 0 bridgehead atoms. The molecule has 1 atom stereocenters. The molecule has 0 aromatic carbocycles. The van der Waals surface area contributed by atoms with Crippen LogP contribution in [0.4, 0.5) is 0 Å². The number of rotatable bonds is 6. The lowest BCUT2D eigenvalue weighted by atomic mass is 9.94. The summed E-state index contributed by atoms with van der Waals surface area (Å²) < 4.78 is 24.8. The van der Waals surface area contributed by atoms with Crippen LogP contribution >= 0.6 is 0 Å². The van der Waals surface area contributed by atoms with Crippen LogP contribution in [0.1, 0.15) is 30.9 Å². The van der Waals surface area contributed by atoms with Gasteiger partial charge in [0.05, 0.1) is 17.8 Å². The lowest BCUT2D eigenvalue weighted by molar-refractivity contribution is 0.206. The lowest BCUT2D eigenvalue weighted by Gasteiger charge is -2.32. The predicted molar refractivity (Wildman–Crippen MR) is 85.4 cm³/mol. The van der Waals surface area contributed by atoms with Crippen LogP contribution in [-0.4, -0.2) is 67.1 Å². The largest absolute Gasteiger partial charge is 0.313 e. The number of sulfonamides is 1. The van der Waals surface area contributed by atoms with Crippen LogP contribution in [0.3, 0.4) is 0 Å². The summed E-state index contributed by atoms with van der Waals surface area (Å²) >= 11 is 0. The third-order valence-corrected chi connectivity index (χ3v) is 5.97. The first kappa shape index (κ1) is 17.1. The highest BCUT2D eigenvalue weighted by Gasteiger charge is 2.23. The van der Waals surface area contributed by atoms with Crippen molar-refractivity contribution in [3.63, 3.8) is 0 Å². The molecule has 0 saturated carbocycles. The second kappa shape index (κ2) is 7.34. The zero-order valence-electron chi connectivity index (χ0n) is 13.2. The van der Waals surface area contributed by atoms with Gasteiger partial charge in [-0.1, -0.05) is 0 Å². The fraction of sp³-hybridized carbons (Fsp3) is 0.714. The van der Waals surface area contributed by atoms with Gasteiger partial charge < -0.3 is 9.88 Å². The number of likely N-dealkylation sites (tertiary alicyclic amines) is 1. The Morgan fingerprint density at radius 2 is 2.23 bits per heavy atom. The summed E-state index contributed by atoms with van der Waals surface area (Å²) in [5.74, 6) is 0.422. The monoisotopic (exact) mass is 328 g/mol. The zero-order chi connectivity index (χ0) is 16.2. The highest BCUT2D eigenvalue weighted by molar-refractivity contribution is 7.89. The molecular formula is C14H24N4O3S. The van der Waals surface area contributed by atoms with Crippen molar-refractivity contribution in [1.29, 1.82) is 0 Å². The van der Waals surface area contributed by atoms with Crippen molar-refractivity contribution in [2.75, 3.05) is 39.5 Å². The van der Waals surface area contributed by atoms with E-state index >= 15 is 0 Å². The molecule has 1 aromatic heterocycles. The predicted octanol–water partition coefficient (Wildman–Crippen LogP) is 0.231. The summed E-state index contributed by atoms with van der Waals surface area (Å²) in [6, 6.07) is 1.56. The molecule has 2 rings (SSSR count). The van der Waals surface area contributed by atoms with Crippen molar-refractivity contribution in [2.45, 2.75) is 25.2 Å². The average Bonchev–Trinajstić information content (AvgIpc) is 2.47. The summed E-state index contributed by atoms with van der Waals surface area (Å²) in [4.78, 5) is 20.4. The van der Waals surface area contributed by atoms with Crippen molar-refractivity contribution in [1.82, 2.24) is 19.2 Å². The number of aromatic amines is 1. The molecule has 7 nitrogen and oxygen atoms in total. The van der Waals surface area contributed by atoms with E-state index in [4.69, 9.17) is 0 Å². The van der Waals surface area contributed by atoms with Crippen LogP contribution in [0.2, 0.25) is 0 Å². The first-order valence-corrected chi connectivity index (χ1v) is 9.16. The molecule has 2 heterocycles. The summed E-state index contributed by atoms with van der Waals surface area (Å²) in [5, 5.41) is 0. The van der Waals surface area contributed by atoms with Crippen LogP contribution < -0.4 is 5.56 Å². The van der Waals surface area contributed by atoms with Gasteiger partial charge in [-0.05, 0) is 32.4 Å². The average molecular weight is 328 g/mol. The Morgan fingerprint density at radius 1 is 1.45 bits per heavy atom. The number of hydrogen-bond acceptors (Lipinski definition) is 5. The summed E-state index contributed by atoms with van der Waals surface area (Å²) in [6.07, 6.45) is 4.12. The van der Waals surface area contributed by atoms with E-state index in [9.17, 15) is 13.2 Å². The Morgan fingerprint density at radius 3 is 2.91 bits per heavy atom. The lowest BCUT2D eigenvalue weighted by Crippen LogP contribution is -2.37. The highest BCUT2D eigenvalue weighted by Crippen LogP contribution is 2.24. The molecule has 0 amide bonds. The molecule has 1 N–H and O–H groups in total. The molecule has 22 heavy (non-hydrogen) atoms. The summed E-state index contributed by atoms with van der Waals surface area (Å²) in [6.45, 7) is 2.56. The van der Waals surface area contributed by atoms with Crippen LogP contribution in [0.5, 0.6) is 0 Å². The molecule has 0 spiro atoms. The molecule has 8 heteroatoms. The minimum Gasteiger partial charge on any atom is -0.313 e. The smallest absolute Gasteiger partial charge is 0.250 e. The number of H-pyrrole nitrogens is 1. The van der Waals surface area contributed by atoms with Crippen molar-refractivity contribution in [2.24, 2.45) is 0 Å². The molecule has 0 aliphatic carbocycles. The van der Waals surface area contributed by atoms with Crippen LogP contribution in [0, 0.1) is 0 Å². The van der Waals surface area contributed by atoms with Gasteiger partial charge in [-0.15, -0.1) is 0 Å². The number of hydrogen-bond donors (Lipinski definition) is 1. The molecular weight excluding hydrogens is 304 g/mol. The van der Waals surface area contributed by atoms with E-state index in [2.05, 4.69) is 14.9 Å². The number of aromatic nitrogens is 2.